The van der Waals surface area contributed by atoms with E-state index < -0.39 is 11.8 Å². The number of methoxy groups -OCH3 is 2. The van der Waals surface area contributed by atoms with Crippen molar-refractivity contribution in [2.24, 2.45) is 5.92 Å². The molecule has 0 aliphatic carbocycles. The zero-order valence-electron chi connectivity index (χ0n) is 14.5. The van der Waals surface area contributed by atoms with E-state index in [9.17, 15) is 14.4 Å². The van der Waals surface area contributed by atoms with Crippen LogP contribution in [0.5, 0.6) is 11.5 Å². The summed E-state index contributed by atoms with van der Waals surface area (Å²) in [6.45, 7) is 0.965. The molecule has 134 valence electrons. The lowest BCUT2D eigenvalue weighted by Gasteiger charge is -2.30. The highest BCUT2D eigenvalue weighted by molar-refractivity contribution is 6.07. The molecule has 2 heterocycles. The maximum absolute atomic E-state index is 12.6. The molecule has 2 aliphatic heterocycles. The van der Waals surface area contributed by atoms with Gasteiger partial charge >= 0.3 is 0 Å². The van der Waals surface area contributed by atoms with Gasteiger partial charge in [-0.2, -0.15) is 0 Å². The third kappa shape index (κ3) is 3.11. The average Bonchev–Trinajstić information content (AvgIpc) is 2.85. The molecule has 8 nitrogen and oxygen atoms in total. The van der Waals surface area contributed by atoms with Gasteiger partial charge in [-0.1, -0.05) is 0 Å². The summed E-state index contributed by atoms with van der Waals surface area (Å²) in [5, 5.41) is 1.13. The van der Waals surface area contributed by atoms with Crippen LogP contribution in [0.1, 0.15) is 17.5 Å². The number of benzene rings is 1. The molecule has 0 aromatic heterocycles. The molecule has 1 N–H and O–H groups in total. The zero-order chi connectivity index (χ0) is 18.1. The number of ether oxygens (including phenoxy) is 2. The summed E-state index contributed by atoms with van der Waals surface area (Å²) < 4.78 is 10.6. The number of hydrogen-bond donors (Lipinski definition) is 1. The van der Waals surface area contributed by atoms with Crippen LogP contribution in [0.25, 0.3) is 0 Å². The van der Waals surface area contributed by atoms with Gasteiger partial charge in [0.15, 0.2) is 11.5 Å². The largest absolute Gasteiger partial charge is 0.493 e. The van der Waals surface area contributed by atoms with E-state index in [2.05, 4.69) is 5.43 Å². The van der Waals surface area contributed by atoms with Crippen molar-refractivity contribution in [2.45, 2.75) is 19.4 Å². The number of carbonyl (C=O) groups excluding carboxylic acids is 3. The van der Waals surface area contributed by atoms with Crippen molar-refractivity contribution in [3.05, 3.63) is 23.3 Å². The first-order valence-corrected chi connectivity index (χ1v) is 8.04. The normalized spacial score (nSPS) is 19.6. The third-order valence-corrected chi connectivity index (χ3v) is 4.67. The van der Waals surface area contributed by atoms with Crippen molar-refractivity contribution in [3.63, 3.8) is 0 Å². The zero-order valence-corrected chi connectivity index (χ0v) is 14.5. The highest BCUT2D eigenvalue weighted by atomic mass is 16.5. The van der Waals surface area contributed by atoms with Crippen LogP contribution in [-0.2, 0) is 27.3 Å². The number of nitrogens with one attached hydrogen (secondary N) is 1. The minimum Gasteiger partial charge on any atom is -0.493 e. The molecule has 8 heteroatoms. The fraction of sp³-hybridized carbons (Fsp3) is 0.471. The van der Waals surface area contributed by atoms with Gasteiger partial charge < -0.3 is 14.4 Å². The monoisotopic (exact) mass is 347 g/mol. The summed E-state index contributed by atoms with van der Waals surface area (Å²) in [6, 6.07) is 3.80. The summed E-state index contributed by atoms with van der Waals surface area (Å²) in [6.07, 6.45) is 0.573. The molecular weight excluding hydrogens is 326 g/mol. The van der Waals surface area contributed by atoms with Gasteiger partial charge in [-0.3, -0.25) is 24.8 Å². The number of rotatable bonds is 4. The number of carbonyl (C=O) groups is 3. The molecular formula is C17H21N3O5. The Kier molecular flexibility index (Phi) is 4.52. The Balaban J connectivity index is 1.73. The lowest BCUT2D eigenvalue weighted by atomic mass is 9.97. The van der Waals surface area contributed by atoms with Gasteiger partial charge in [-0.25, -0.2) is 0 Å². The van der Waals surface area contributed by atoms with Gasteiger partial charge in [-0.15, -0.1) is 0 Å². The SMILES string of the molecule is COc1cc2c(cc1OC)CN(C(=O)CC1C(=O)NN(C)C1=O)CC2. The second-order valence-electron chi connectivity index (χ2n) is 6.17. The molecule has 1 saturated heterocycles. The van der Waals surface area contributed by atoms with Crippen molar-refractivity contribution in [2.75, 3.05) is 27.8 Å². The van der Waals surface area contributed by atoms with E-state index in [0.29, 0.717) is 31.0 Å². The topological polar surface area (TPSA) is 88.2 Å². The van der Waals surface area contributed by atoms with E-state index in [1.54, 1.807) is 19.1 Å². The Labute approximate surface area is 145 Å². The van der Waals surface area contributed by atoms with Crippen molar-refractivity contribution in [1.82, 2.24) is 15.3 Å². The van der Waals surface area contributed by atoms with Crippen LogP contribution in [0.15, 0.2) is 12.1 Å². The van der Waals surface area contributed by atoms with Crippen LogP contribution < -0.4 is 14.9 Å². The predicted octanol–water partition coefficient (Wildman–Crippen LogP) is 0.0980. The van der Waals surface area contributed by atoms with Crippen LogP contribution in [-0.4, -0.2) is 55.4 Å². The van der Waals surface area contributed by atoms with E-state index >= 15 is 0 Å². The molecule has 3 rings (SSSR count). The Morgan fingerprint density at radius 3 is 2.40 bits per heavy atom. The summed E-state index contributed by atoms with van der Waals surface area (Å²) in [5.41, 5.74) is 4.50. The second-order valence-corrected chi connectivity index (χ2v) is 6.17. The molecule has 25 heavy (non-hydrogen) atoms. The van der Waals surface area contributed by atoms with Crippen molar-refractivity contribution < 1.29 is 23.9 Å². The van der Waals surface area contributed by atoms with Gasteiger partial charge in [-0.05, 0) is 29.7 Å². The first kappa shape index (κ1) is 17.1. The lowest BCUT2D eigenvalue weighted by Crippen LogP contribution is -2.38. The molecule has 1 aromatic rings. The van der Waals surface area contributed by atoms with Crippen molar-refractivity contribution in [1.29, 1.82) is 0 Å². The van der Waals surface area contributed by atoms with E-state index in [1.165, 1.54) is 7.05 Å². The highest BCUT2D eigenvalue weighted by Gasteiger charge is 2.39. The molecule has 0 saturated carbocycles. The summed E-state index contributed by atoms with van der Waals surface area (Å²) in [5.74, 6) is -0.667. The van der Waals surface area contributed by atoms with E-state index in [1.807, 2.05) is 12.1 Å². The van der Waals surface area contributed by atoms with Gasteiger partial charge in [0.2, 0.25) is 5.91 Å². The standard InChI is InChI=1S/C17H21N3O5/c1-19-17(23)12(16(22)18-19)8-15(21)20-5-4-10-6-13(24-2)14(25-3)7-11(10)9-20/h6-7,12H,4-5,8-9H2,1-3H3,(H,18,22). The Bertz CT molecular complexity index is 733. The van der Waals surface area contributed by atoms with Gasteiger partial charge in [0.05, 0.1) is 14.2 Å². The van der Waals surface area contributed by atoms with Gasteiger partial charge in [0, 0.05) is 26.6 Å². The molecule has 0 radical (unpaired) electrons. The second kappa shape index (κ2) is 6.62. The molecule has 0 spiro atoms. The highest BCUT2D eigenvalue weighted by Crippen LogP contribution is 2.33. The molecule has 2 aliphatic rings. The molecule has 1 fully saturated rings. The quantitative estimate of drug-likeness (QED) is 0.781. The first-order valence-electron chi connectivity index (χ1n) is 8.04. The fourth-order valence-electron chi connectivity index (χ4n) is 3.22. The van der Waals surface area contributed by atoms with Crippen molar-refractivity contribution >= 4 is 17.7 Å². The van der Waals surface area contributed by atoms with Crippen molar-refractivity contribution in [3.8, 4) is 11.5 Å². The smallest absolute Gasteiger partial charge is 0.253 e. The molecule has 0 bridgehead atoms. The predicted molar refractivity (Wildman–Crippen MR) is 87.7 cm³/mol. The van der Waals surface area contributed by atoms with E-state index in [-0.39, 0.29) is 18.2 Å². The average molecular weight is 347 g/mol. The minimum atomic E-state index is -0.940. The number of amides is 3. The summed E-state index contributed by atoms with van der Waals surface area (Å²) in [4.78, 5) is 38.0. The molecule has 1 atom stereocenters. The minimum absolute atomic E-state index is 0.113. The Hall–Kier alpha value is -2.77. The maximum Gasteiger partial charge on any atom is 0.253 e. The number of hydrazine groups is 1. The first-order chi connectivity index (χ1) is 11.9. The Morgan fingerprint density at radius 2 is 1.84 bits per heavy atom. The summed E-state index contributed by atoms with van der Waals surface area (Å²) >= 11 is 0. The van der Waals surface area contributed by atoms with Gasteiger partial charge in [0.1, 0.15) is 5.92 Å². The maximum atomic E-state index is 12.6. The van der Waals surface area contributed by atoms with Crippen LogP contribution in [0.3, 0.4) is 0 Å². The van der Waals surface area contributed by atoms with Crippen LogP contribution in [0.4, 0.5) is 0 Å². The number of nitrogens with zero attached hydrogens (tertiary/aromatic N) is 2. The van der Waals surface area contributed by atoms with E-state index in [0.717, 1.165) is 16.1 Å². The summed E-state index contributed by atoms with van der Waals surface area (Å²) in [7, 11) is 4.63. The fourth-order valence-corrected chi connectivity index (χ4v) is 3.22. The molecule has 1 unspecified atom stereocenters. The Morgan fingerprint density at radius 1 is 1.20 bits per heavy atom. The molecule has 1 aromatic carbocycles. The van der Waals surface area contributed by atoms with Crippen LogP contribution in [0, 0.1) is 5.92 Å². The van der Waals surface area contributed by atoms with E-state index in [4.69, 9.17) is 9.47 Å². The molecule has 3 amide bonds. The third-order valence-electron chi connectivity index (χ3n) is 4.67. The number of fused-ring (bicyclic) bond motifs is 1. The lowest BCUT2D eigenvalue weighted by molar-refractivity contribution is -0.140. The van der Waals surface area contributed by atoms with Crippen LogP contribution >= 0.6 is 0 Å². The van der Waals surface area contributed by atoms with Gasteiger partial charge in [0.25, 0.3) is 11.8 Å². The van der Waals surface area contributed by atoms with Crippen LogP contribution in [0.2, 0.25) is 0 Å². The number of hydrogen-bond acceptors (Lipinski definition) is 5.